The van der Waals surface area contributed by atoms with Gasteiger partial charge in [0.05, 0.1) is 17.7 Å². The van der Waals surface area contributed by atoms with Gasteiger partial charge in [-0.25, -0.2) is 17.5 Å². The molecule has 1 aromatic carbocycles. The summed E-state index contributed by atoms with van der Waals surface area (Å²) in [5.41, 5.74) is 1.26. The summed E-state index contributed by atoms with van der Waals surface area (Å²) in [5.74, 6) is -1.48. The molecule has 10 heteroatoms. The van der Waals surface area contributed by atoms with Gasteiger partial charge >= 0.3 is 5.97 Å². The van der Waals surface area contributed by atoms with Crippen LogP contribution in [0.5, 0.6) is 0 Å². The van der Waals surface area contributed by atoms with Crippen molar-refractivity contribution in [3.05, 3.63) is 45.8 Å². The first-order valence-corrected chi connectivity index (χ1v) is 12.3. The van der Waals surface area contributed by atoms with Crippen molar-refractivity contribution in [2.45, 2.75) is 38.0 Å². The van der Waals surface area contributed by atoms with E-state index in [4.69, 9.17) is 4.74 Å². The molecule has 0 unspecified atom stereocenters. The predicted molar refractivity (Wildman–Crippen MR) is 115 cm³/mol. The fraction of sp³-hybridized carbons (Fsp3) is 0.381. The fourth-order valence-corrected chi connectivity index (χ4v) is 6.88. The first-order chi connectivity index (χ1) is 14.7. The number of esters is 1. The molecule has 0 spiro atoms. The van der Waals surface area contributed by atoms with Crippen LogP contribution < -0.4 is 5.32 Å². The largest absolute Gasteiger partial charge is 0.462 e. The number of carbonyl (C=O) groups is 3. The molecule has 1 N–H and O–H groups in total. The lowest BCUT2D eigenvalue weighted by molar-refractivity contribution is -0.116. The monoisotopic (exact) mass is 462 g/mol. The number of nitrogens with zero attached hydrogens (tertiary/aromatic N) is 1. The molecule has 0 bridgehead atoms. The van der Waals surface area contributed by atoms with Gasteiger partial charge in [-0.15, -0.1) is 11.3 Å². The van der Waals surface area contributed by atoms with E-state index in [1.807, 2.05) is 0 Å². The second-order valence-electron chi connectivity index (χ2n) is 7.64. The standard InChI is InChI=1S/C21H22N2O6S2/c1-3-29-21(26)18-13-9-8-12(2)10-15(13)30-19(18)22-17(24)11-23-20(25)14-6-4-5-7-16(14)31(23,27)28/h4-7,12H,3,8-11H2,1-2H3,(H,22,24)/t12-/m0/s1. The summed E-state index contributed by atoms with van der Waals surface area (Å²) in [6, 6.07) is 5.85. The highest BCUT2D eigenvalue weighted by atomic mass is 32.2. The minimum atomic E-state index is -4.09. The third-order valence-corrected chi connectivity index (χ3v) is 8.40. The molecule has 1 atom stereocenters. The SMILES string of the molecule is CCOC(=O)c1c(NC(=O)CN2C(=O)c3ccccc3S2(=O)=O)sc2c1CC[C@H](C)C2. The molecule has 164 valence electrons. The molecule has 0 fully saturated rings. The highest BCUT2D eigenvalue weighted by Gasteiger charge is 2.42. The van der Waals surface area contributed by atoms with Gasteiger partial charge in [-0.3, -0.25) is 9.59 Å². The first-order valence-electron chi connectivity index (χ1n) is 10.0. The van der Waals surface area contributed by atoms with Crippen molar-refractivity contribution in [2.24, 2.45) is 5.92 Å². The van der Waals surface area contributed by atoms with Gasteiger partial charge in [-0.1, -0.05) is 19.1 Å². The zero-order chi connectivity index (χ0) is 22.3. The number of carbonyl (C=O) groups excluding carboxylic acids is 3. The second-order valence-corrected chi connectivity index (χ2v) is 10.6. The summed E-state index contributed by atoms with van der Waals surface area (Å²) in [6.45, 7) is 3.37. The first kappa shape index (κ1) is 21.5. The number of hydrogen-bond acceptors (Lipinski definition) is 7. The van der Waals surface area contributed by atoms with Crippen LogP contribution in [-0.4, -0.2) is 43.7 Å². The summed E-state index contributed by atoms with van der Waals surface area (Å²) in [4.78, 5) is 38.8. The van der Waals surface area contributed by atoms with Crippen LogP contribution in [0, 0.1) is 5.92 Å². The third kappa shape index (κ3) is 3.74. The normalized spacial score (nSPS) is 19.0. The van der Waals surface area contributed by atoms with Gasteiger partial charge in [-0.2, -0.15) is 0 Å². The van der Waals surface area contributed by atoms with Gasteiger partial charge < -0.3 is 10.1 Å². The van der Waals surface area contributed by atoms with Crippen LogP contribution in [0.25, 0.3) is 0 Å². The van der Waals surface area contributed by atoms with E-state index in [0.717, 1.165) is 23.3 Å². The Kier molecular flexibility index (Phi) is 5.61. The molecule has 1 aliphatic carbocycles. The third-order valence-electron chi connectivity index (χ3n) is 5.44. The van der Waals surface area contributed by atoms with E-state index in [9.17, 15) is 22.8 Å². The van der Waals surface area contributed by atoms with Crippen molar-refractivity contribution in [1.29, 1.82) is 0 Å². The lowest BCUT2D eigenvalue weighted by Crippen LogP contribution is -2.37. The van der Waals surface area contributed by atoms with E-state index in [0.29, 0.717) is 27.2 Å². The summed E-state index contributed by atoms with van der Waals surface area (Å²) in [5, 5.41) is 2.99. The molecule has 0 saturated heterocycles. The van der Waals surface area contributed by atoms with Crippen LogP contribution in [0.15, 0.2) is 29.2 Å². The lowest BCUT2D eigenvalue weighted by atomic mass is 9.88. The predicted octanol–water partition coefficient (Wildman–Crippen LogP) is 2.83. The van der Waals surface area contributed by atoms with Crippen LogP contribution in [0.3, 0.4) is 0 Å². The van der Waals surface area contributed by atoms with Crippen LogP contribution >= 0.6 is 11.3 Å². The van der Waals surface area contributed by atoms with Gasteiger partial charge in [-0.05, 0) is 49.8 Å². The van der Waals surface area contributed by atoms with Crippen LogP contribution in [0.4, 0.5) is 5.00 Å². The molecule has 2 aliphatic rings. The van der Waals surface area contributed by atoms with Crippen molar-refractivity contribution < 1.29 is 27.5 Å². The Balaban J connectivity index is 1.60. The number of sulfonamides is 1. The molecule has 2 heterocycles. The summed E-state index contributed by atoms with van der Waals surface area (Å²) >= 11 is 1.31. The van der Waals surface area contributed by atoms with Gasteiger partial charge in [0.15, 0.2) is 0 Å². The Morgan fingerprint density at radius 1 is 1.29 bits per heavy atom. The number of benzene rings is 1. The summed E-state index contributed by atoms with van der Waals surface area (Å²) in [7, 11) is -4.09. The van der Waals surface area contributed by atoms with Crippen LogP contribution in [-0.2, 0) is 32.4 Å². The molecule has 1 aliphatic heterocycles. The number of fused-ring (bicyclic) bond motifs is 2. The average Bonchev–Trinajstić information content (AvgIpc) is 3.16. The van der Waals surface area contributed by atoms with Crippen molar-refractivity contribution in [2.75, 3.05) is 18.5 Å². The van der Waals surface area contributed by atoms with Crippen LogP contribution in [0.2, 0.25) is 0 Å². The lowest BCUT2D eigenvalue weighted by Gasteiger charge is -2.18. The zero-order valence-electron chi connectivity index (χ0n) is 17.1. The zero-order valence-corrected chi connectivity index (χ0v) is 18.8. The maximum Gasteiger partial charge on any atom is 0.341 e. The molecule has 2 aromatic rings. The minimum Gasteiger partial charge on any atom is -0.462 e. The Labute approximate surface area is 184 Å². The number of anilines is 1. The maximum absolute atomic E-state index is 12.7. The number of hydrogen-bond donors (Lipinski definition) is 1. The minimum absolute atomic E-state index is 0.0445. The van der Waals surface area contributed by atoms with Gasteiger partial charge in [0.2, 0.25) is 5.91 Å². The number of amides is 2. The summed E-state index contributed by atoms with van der Waals surface area (Å²) < 4.78 is 31.1. The fourth-order valence-electron chi connectivity index (χ4n) is 3.94. The molecule has 4 rings (SSSR count). The number of nitrogens with one attached hydrogen (secondary N) is 1. The van der Waals surface area contributed by atoms with E-state index < -0.39 is 34.4 Å². The van der Waals surface area contributed by atoms with Gasteiger partial charge in [0, 0.05) is 4.88 Å². The smallest absolute Gasteiger partial charge is 0.341 e. The van der Waals surface area contributed by atoms with Crippen molar-refractivity contribution in [3.63, 3.8) is 0 Å². The number of thiophene rings is 1. The highest BCUT2D eigenvalue weighted by Crippen LogP contribution is 2.40. The van der Waals surface area contributed by atoms with Crippen molar-refractivity contribution >= 4 is 44.1 Å². The molecule has 1 aromatic heterocycles. The maximum atomic E-state index is 12.7. The van der Waals surface area contributed by atoms with E-state index in [2.05, 4.69) is 12.2 Å². The van der Waals surface area contributed by atoms with E-state index >= 15 is 0 Å². The molecular formula is C21H22N2O6S2. The van der Waals surface area contributed by atoms with Crippen molar-refractivity contribution in [1.82, 2.24) is 4.31 Å². The molecule has 0 saturated carbocycles. The number of rotatable bonds is 5. The van der Waals surface area contributed by atoms with Gasteiger partial charge in [0.25, 0.3) is 15.9 Å². The molecule has 8 nitrogen and oxygen atoms in total. The quantitative estimate of drug-likeness (QED) is 0.685. The Bertz CT molecular complexity index is 1180. The van der Waals surface area contributed by atoms with Crippen LogP contribution in [0.1, 0.15) is 51.4 Å². The second kappa shape index (κ2) is 8.08. The van der Waals surface area contributed by atoms with E-state index in [1.54, 1.807) is 13.0 Å². The molecule has 0 radical (unpaired) electrons. The average molecular weight is 463 g/mol. The topological polar surface area (TPSA) is 110 Å². The summed E-state index contributed by atoms with van der Waals surface area (Å²) in [6.07, 6.45) is 2.45. The Hall–Kier alpha value is -2.72. The number of ether oxygens (including phenoxy) is 1. The molecule has 31 heavy (non-hydrogen) atoms. The Morgan fingerprint density at radius 2 is 2.03 bits per heavy atom. The Morgan fingerprint density at radius 3 is 2.74 bits per heavy atom. The van der Waals surface area contributed by atoms with Crippen molar-refractivity contribution in [3.8, 4) is 0 Å². The van der Waals surface area contributed by atoms with E-state index in [1.165, 1.54) is 29.5 Å². The highest BCUT2D eigenvalue weighted by molar-refractivity contribution is 7.90. The van der Waals surface area contributed by atoms with Gasteiger partial charge in [0.1, 0.15) is 16.4 Å². The molecule has 2 amide bonds. The van der Waals surface area contributed by atoms with E-state index in [-0.39, 0.29) is 17.1 Å². The molecular weight excluding hydrogens is 440 g/mol.